The summed E-state index contributed by atoms with van der Waals surface area (Å²) in [7, 11) is 0. The second-order valence-corrected chi connectivity index (χ2v) is 5.57. The Bertz CT molecular complexity index is 459. The fraction of sp³-hybridized carbons (Fsp3) is 0.600. The van der Waals surface area contributed by atoms with Crippen molar-refractivity contribution in [3.8, 4) is 11.5 Å². The van der Waals surface area contributed by atoms with E-state index < -0.39 is 6.10 Å². The molecule has 0 amide bonds. The molecule has 3 rings (SSSR count). The first-order valence-electron chi connectivity index (χ1n) is 7.19. The smallest absolute Gasteiger partial charge is 0.161 e. The van der Waals surface area contributed by atoms with Crippen molar-refractivity contribution >= 4 is 0 Å². The third kappa shape index (κ3) is 3.06. The van der Waals surface area contributed by atoms with Crippen LogP contribution in [0, 0.1) is 5.92 Å². The molecule has 0 saturated heterocycles. The van der Waals surface area contributed by atoms with Crippen LogP contribution in [0.3, 0.4) is 0 Å². The van der Waals surface area contributed by atoms with Crippen LogP contribution in [0.5, 0.6) is 11.5 Å². The van der Waals surface area contributed by atoms with Gasteiger partial charge in [-0.1, -0.05) is 6.07 Å². The molecule has 5 heteroatoms. The van der Waals surface area contributed by atoms with Crippen molar-refractivity contribution in [1.29, 1.82) is 0 Å². The maximum atomic E-state index is 10.2. The van der Waals surface area contributed by atoms with E-state index in [0.29, 0.717) is 31.4 Å². The van der Waals surface area contributed by atoms with Crippen molar-refractivity contribution in [3.05, 3.63) is 23.8 Å². The number of fused-ring (bicyclic) bond motifs is 1. The molecule has 0 spiro atoms. The lowest BCUT2D eigenvalue weighted by atomic mass is 9.82. The Balaban J connectivity index is 1.50. The van der Waals surface area contributed by atoms with Crippen LogP contribution in [0.15, 0.2) is 18.2 Å². The predicted molar refractivity (Wildman–Crippen MR) is 74.0 cm³/mol. The fourth-order valence-electron chi connectivity index (χ4n) is 2.68. The van der Waals surface area contributed by atoms with E-state index in [1.807, 2.05) is 18.2 Å². The monoisotopic (exact) mass is 279 g/mol. The van der Waals surface area contributed by atoms with Crippen LogP contribution in [-0.4, -0.2) is 42.6 Å². The van der Waals surface area contributed by atoms with Gasteiger partial charge in [-0.25, -0.2) is 0 Å². The largest absolute Gasteiger partial charge is 0.486 e. The second-order valence-electron chi connectivity index (χ2n) is 5.57. The Morgan fingerprint density at radius 3 is 2.70 bits per heavy atom. The van der Waals surface area contributed by atoms with Crippen LogP contribution in [0.1, 0.15) is 24.5 Å². The van der Waals surface area contributed by atoms with E-state index in [1.54, 1.807) is 0 Å². The second kappa shape index (κ2) is 5.99. The van der Waals surface area contributed by atoms with Crippen LogP contribution >= 0.6 is 0 Å². The SMILES string of the molecule is OC1CC(CNCC(O)c2ccc3c(c2)OCCO3)C1. The van der Waals surface area contributed by atoms with Gasteiger partial charge >= 0.3 is 0 Å². The first kappa shape index (κ1) is 13.7. The number of hydrogen-bond donors (Lipinski definition) is 3. The zero-order valence-electron chi connectivity index (χ0n) is 11.4. The number of nitrogens with one attached hydrogen (secondary N) is 1. The molecule has 1 fully saturated rings. The molecule has 1 aromatic rings. The Labute approximate surface area is 118 Å². The molecule has 0 radical (unpaired) electrons. The summed E-state index contributed by atoms with van der Waals surface area (Å²) in [5.74, 6) is 1.98. The molecule has 110 valence electrons. The van der Waals surface area contributed by atoms with Crippen LogP contribution in [-0.2, 0) is 0 Å². The number of aliphatic hydroxyl groups is 2. The molecule has 1 saturated carbocycles. The topological polar surface area (TPSA) is 71.0 Å². The average Bonchev–Trinajstić information content (AvgIpc) is 2.44. The lowest BCUT2D eigenvalue weighted by Gasteiger charge is -2.31. The van der Waals surface area contributed by atoms with Crippen molar-refractivity contribution in [1.82, 2.24) is 5.32 Å². The van der Waals surface area contributed by atoms with E-state index in [0.717, 1.165) is 30.7 Å². The molecule has 5 nitrogen and oxygen atoms in total. The minimum atomic E-state index is -0.559. The van der Waals surface area contributed by atoms with Gasteiger partial charge in [0.15, 0.2) is 11.5 Å². The van der Waals surface area contributed by atoms with Gasteiger partial charge in [-0.05, 0) is 43.0 Å². The summed E-state index contributed by atoms with van der Waals surface area (Å²) in [5.41, 5.74) is 0.829. The molecule has 1 atom stereocenters. The van der Waals surface area contributed by atoms with E-state index in [4.69, 9.17) is 9.47 Å². The highest BCUT2D eigenvalue weighted by Gasteiger charge is 2.26. The standard InChI is InChI=1S/C15H21NO4/c17-12-5-10(6-12)8-16-9-13(18)11-1-2-14-15(7-11)20-4-3-19-14/h1-2,7,10,12-13,16-18H,3-6,8-9H2. The summed E-state index contributed by atoms with van der Waals surface area (Å²) in [4.78, 5) is 0. The molecule has 1 unspecified atom stereocenters. The molecule has 1 aliphatic carbocycles. The quantitative estimate of drug-likeness (QED) is 0.745. The molecule has 20 heavy (non-hydrogen) atoms. The van der Waals surface area contributed by atoms with Gasteiger partial charge in [-0.2, -0.15) is 0 Å². The Morgan fingerprint density at radius 2 is 1.95 bits per heavy atom. The first-order valence-corrected chi connectivity index (χ1v) is 7.19. The molecule has 3 N–H and O–H groups in total. The summed E-state index contributed by atoms with van der Waals surface area (Å²) in [6.45, 7) is 2.48. The molecular weight excluding hydrogens is 258 g/mol. The predicted octanol–water partition coefficient (Wildman–Crippen LogP) is 0.852. The lowest BCUT2D eigenvalue weighted by Crippen LogP contribution is -2.37. The molecule has 0 aromatic heterocycles. The summed E-state index contributed by atoms with van der Waals surface area (Å²) in [5, 5.41) is 22.6. The highest BCUT2D eigenvalue weighted by Crippen LogP contribution is 2.32. The van der Waals surface area contributed by atoms with Crippen molar-refractivity contribution in [2.45, 2.75) is 25.0 Å². The number of aliphatic hydroxyl groups excluding tert-OH is 2. The number of ether oxygens (including phenoxy) is 2. The average molecular weight is 279 g/mol. The van der Waals surface area contributed by atoms with Crippen molar-refractivity contribution in [2.75, 3.05) is 26.3 Å². The van der Waals surface area contributed by atoms with E-state index in [1.165, 1.54) is 0 Å². The minimum Gasteiger partial charge on any atom is -0.486 e. The highest BCUT2D eigenvalue weighted by atomic mass is 16.6. The van der Waals surface area contributed by atoms with Crippen LogP contribution in [0.2, 0.25) is 0 Å². The van der Waals surface area contributed by atoms with E-state index in [-0.39, 0.29) is 6.10 Å². The Hall–Kier alpha value is -1.30. The summed E-state index contributed by atoms with van der Waals surface area (Å²) >= 11 is 0. The maximum absolute atomic E-state index is 10.2. The van der Waals surface area contributed by atoms with Crippen molar-refractivity contribution < 1.29 is 19.7 Å². The lowest BCUT2D eigenvalue weighted by molar-refractivity contribution is 0.0415. The first-order chi connectivity index (χ1) is 9.72. The molecular formula is C15H21NO4. The molecule has 1 aromatic carbocycles. The van der Waals surface area contributed by atoms with Gasteiger partial charge < -0.3 is 25.0 Å². The zero-order chi connectivity index (χ0) is 13.9. The van der Waals surface area contributed by atoms with Crippen molar-refractivity contribution in [3.63, 3.8) is 0 Å². The molecule has 1 aliphatic heterocycles. The van der Waals surface area contributed by atoms with Gasteiger partial charge in [0, 0.05) is 6.54 Å². The summed E-state index contributed by atoms with van der Waals surface area (Å²) in [6, 6.07) is 5.55. The van der Waals surface area contributed by atoms with Gasteiger partial charge in [0.1, 0.15) is 13.2 Å². The van der Waals surface area contributed by atoms with E-state index in [2.05, 4.69) is 5.32 Å². The summed E-state index contributed by atoms with van der Waals surface area (Å²) < 4.78 is 11.0. The molecule has 2 aliphatic rings. The van der Waals surface area contributed by atoms with Crippen LogP contribution < -0.4 is 14.8 Å². The van der Waals surface area contributed by atoms with Gasteiger partial charge in [0.25, 0.3) is 0 Å². The third-order valence-corrected chi connectivity index (χ3v) is 3.93. The van der Waals surface area contributed by atoms with Crippen LogP contribution in [0.25, 0.3) is 0 Å². The Morgan fingerprint density at radius 1 is 1.20 bits per heavy atom. The molecule has 0 bridgehead atoms. The maximum Gasteiger partial charge on any atom is 0.161 e. The van der Waals surface area contributed by atoms with Crippen molar-refractivity contribution in [2.24, 2.45) is 5.92 Å². The Kier molecular flexibility index (Phi) is 4.10. The highest BCUT2D eigenvalue weighted by molar-refractivity contribution is 5.44. The van der Waals surface area contributed by atoms with Gasteiger partial charge in [-0.15, -0.1) is 0 Å². The number of hydrogen-bond acceptors (Lipinski definition) is 5. The summed E-state index contributed by atoms with van der Waals surface area (Å²) in [6.07, 6.45) is 1.06. The number of benzene rings is 1. The normalized spacial score (nSPS) is 25.9. The van der Waals surface area contributed by atoms with Gasteiger partial charge in [0.05, 0.1) is 12.2 Å². The third-order valence-electron chi connectivity index (χ3n) is 3.93. The molecule has 1 heterocycles. The van der Waals surface area contributed by atoms with Gasteiger partial charge in [-0.3, -0.25) is 0 Å². The zero-order valence-corrected chi connectivity index (χ0v) is 11.4. The van der Waals surface area contributed by atoms with E-state index in [9.17, 15) is 10.2 Å². The number of rotatable bonds is 5. The fourth-order valence-corrected chi connectivity index (χ4v) is 2.68. The van der Waals surface area contributed by atoms with Crippen LogP contribution in [0.4, 0.5) is 0 Å². The van der Waals surface area contributed by atoms with E-state index >= 15 is 0 Å². The minimum absolute atomic E-state index is 0.121. The van der Waals surface area contributed by atoms with Gasteiger partial charge in [0.2, 0.25) is 0 Å².